The highest BCUT2D eigenvalue weighted by Gasteiger charge is 2.08. The van der Waals surface area contributed by atoms with Gasteiger partial charge in [-0.15, -0.1) is 0 Å². The maximum Gasteiger partial charge on any atom is 0.157 e. The van der Waals surface area contributed by atoms with Crippen molar-refractivity contribution in [2.75, 3.05) is 18.4 Å². The SMILES string of the molecule is CCCc1cc(NCCN)n2nc(CC)cc2n1. The summed E-state index contributed by atoms with van der Waals surface area (Å²) >= 11 is 0. The molecule has 0 fully saturated rings. The van der Waals surface area contributed by atoms with Crippen molar-refractivity contribution >= 4 is 11.5 Å². The summed E-state index contributed by atoms with van der Waals surface area (Å²) in [6.07, 6.45) is 3.00. The van der Waals surface area contributed by atoms with Crippen LogP contribution >= 0.6 is 0 Å². The van der Waals surface area contributed by atoms with Gasteiger partial charge < -0.3 is 11.1 Å². The third-order valence-electron chi connectivity index (χ3n) is 2.85. The molecule has 0 bridgehead atoms. The first-order valence-corrected chi connectivity index (χ1v) is 6.61. The van der Waals surface area contributed by atoms with Gasteiger partial charge in [-0.2, -0.15) is 9.61 Å². The van der Waals surface area contributed by atoms with Crippen LogP contribution in [0.2, 0.25) is 0 Å². The van der Waals surface area contributed by atoms with E-state index in [0.29, 0.717) is 6.54 Å². The highest BCUT2D eigenvalue weighted by Crippen LogP contribution is 2.15. The van der Waals surface area contributed by atoms with Crippen molar-refractivity contribution in [1.82, 2.24) is 14.6 Å². The minimum atomic E-state index is 0.606. The number of nitrogens with one attached hydrogen (secondary N) is 1. The van der Waals surface area contributed by atoms with Crippen molar-refractivity contribution in [2.24, 2.45) is 5.73 Å². The van der Waals surface area contributed by atoms with Gasteiger partial charge in [0.2, 0.25) is 0 Å². The van der Waals surface area contributed by atoms with E-state index in [1.807, 2.05) is 10.6 Å². The molecule has 0 saturated heterocycles. The van der Waals surface area contributed by atoms with Crippen LogP contribution in [0.15, 0.2) is 12.1 Å². The molecule has 98 valence electrons. The van der Waals surface area contributed by atoms with Gasteiger partial charge >= 0.3 is 0 Å². The van der Waals surface area contributed by atoms with Gasteiger partial charge in [-0.3, -0.25) is 0 Å². The Balaban J connectivity index is 2.44. The Bertz CT molecular complexity index is 517. The highest BCUT2D eigenvalue weighted by molar-refractivity contribution is 5.50. The second kappa shape index (κ2) is 5.82. The van der Waals surface area contributed by atoms with E-state index in [2.05, 4.69) is 35.3 Å². The van der Waals surface area contributed by atoms with Crippen molar-refractivity contribution in [2.45, 2.75) is 33.1 Å². The number of rotatable bonds is 6. The minimum absolute atomic E-state index is 0.606. The van der Waals surface area contributed by atoms with E-state index in [-0.39, 0.29) is 0 Å². The van der Waals surface area contributed by atoms with Gasteiger partial charge in [0.1, 0.15) is 5.82 Å². The van der Waals surface area contributed by atoms with Crippen molar-refractivity contribution < 1.29 is 0 Å². The average molecular weight is 247 g/mol. The Morgan fingerprint density at radius 2 is 2.11 bits per heavy atom. The molecule has 0 radical (unpaired) electrons. The molecule has 0 aromatic carbocycles. The van der Waals surface area contributed by atoms with Crippen molar-refractivity contribution in [1.29, 1.82) is 0 Å². The Morgan fingerprint density at radius 1 is 1.28 bits per heavy atom. The molecular formula is C13H21N5. The number of fused-ring (bicyclic) bond motifs is 1. The number of nitrogens with two attached hydrogens (primary N) is 1. The van der Waals surface area contributed by atoms with E-state index < -0.39 is 0 Å². The second-order valence-corrected chi connectivity index (χ2v) is 4.36. The highest BCUT2D eigenvalue weighted by atomic mass is 15.3. The lowest BCUT2D eigenvalue weighted by Crippen LogP contribution is -2.16. The van der Waals surface area contributed by atoms with E-state index >= 15 is 0 Å². The van der Waals surface area contributed by atoms with Crippen LogP contribution < -0.4 is 11.1 Å². The molecule has 0 atom stereocenters. The number of nitrogens with zero attached hydrogens (tertiary/aromatic N) is 3. The summed E-state index contributed by atoms with van der Waals surface area (Å²) in [6, 6.07) is 4.12. The van der Waals surface area contributed by atoms with Gasteiger partial charge in [0, 0.05) is 30.9 Å². The fourth-order valence-corrected chi connectivity index (χ4v) is 1.96. The average Bonchev–Trinajstić information content (AvgIpc) is 2.79. The van der Waals surface area contributed by atoms with Crippen molar-refractivity contribution in [3.8, 4) is 0 Å². The summed E-state index contributed by atoms with van der Waals surface area (Å²) < 4.78 is 1.87. The van der Waals surface area contributed by atoms with Gasteiger partial charge in [0.25, 0.3) is 0 Å². The Hall–Kier alpha value is -1.62. The van der Waals surface area contributed by atoms with Crippen LogP contribution in [-0.4, -0.2) is 27.7 Å². The first kappa shape index (κ1) is 12.8. The van der Waals surface area contributed by atoms with Crippen LogP contribution in [0.1, 0.15) is 31.7 Å². The molecule has 2 aromatic rings. The van der Waals surface area contributed by atoms with Crippen molar-refractivity contribution in [3.63, 3.8) is 0 Å². The summed E-state index contributed by atoms with van der Waals surface area (Å²) in [6.45, 7) is 5.61. The normalized spacial score (nSPS) is 11.1. The molecule has 2 heterocycles. The molecule has 0 unspecified atom stereocenters. The van der Waals surface area contributed by atoms with E-state index in [1.54, 1.807) is 0 Å². The molecular weight excluding hydrogens is 226 g/mol. The fraction of sp³-hybridized carbons (Fsp3) is 0.538. The summed E-state index contributed by atoms with van der Waals surface area (Å²) in [5.41, 5.74) is 8.62. The van der Waals surface area contributed by atoms with Crippen LogP contribution in [0.5, 0.6) is 0 Å². The van der Waals surface area contributed by atoms with Gasteiger partial charge in [-0.1, -0.05) is 20.3 Å². The number of anilines is 1. The zero-order valence-corrected chi connectivity index (χ0v) is 11.1. The summed E-state index contributed by atoms with van der Waals surface area (Å²) in [5, 5.41) is 7.85. The van der Waals surface area contributed by atoms with E-state index in [4.69, 9.17) is 5.73 Å². The third kappa shape index (κ3) is 2.61. The lowest BCUT2D eigenvalue weighted by Gasteiger charge is -2.09. The maximum atomic E-state index is 5.54. The summed E-state index contributed by atoms with van der Waals surface area (Å²) in [7, 11) is 0. The lowest BCUT2D eigenvalue weighted by molar-refractivity contribution is 0.842. The molecule has 2 aromatic heterocycles. The number of aryl methyl sites for hydroxylation is 2. The molecule has 0 amide bonds. The van der Waals surface area contributed by atoms with Gasteiger partial charge in [-0.05, 0) is 12.8 Å². The first-order chi connectivity index (χ1) is 8.78. The largest absolute Gasteiger partial charge is 0.369 e. The van der Waals surface area contributed by atoms with Crippen LogP contribution in [0.25, 0.3) is 5.65 Å². The first-order valence-electron chi connectivity index (χ1n) is 6.61. The molecule has 5 nitrogen and oxygen atoms in total. The molecule has 0 spiro atoms. The van der Waals surface area contributed by atoms with Gasteiger partial charge in [-0.25, -0.2) is 4.98 Å². The molecule has 0 aliphatic heterocycles. The smallest absolute Gasteiger partial charge is 0.157 e. The summed E-state index contributed by atoms with van der Waals surface area (Å²) in [4.78, 5) is 4.63. The monoisotopic (exact) mass is 247 g/mol. The number of aromatic nitrogens is 3. The van der Waals surface area contributed by atoms with Gasteiger partial charge in [0.05, 0.1) is 5.69 Å². The standard InChI is InChI=1S/C13H21N5/c1-3-5-11-9-12(15-7-6-14)18-13(16-11)8-10(4-2)17-18/h8-9,15H,3-7,14H2,1-2H3. The Kier molecular flexibility index (Phi) is 4.15. The molecule has 3 N–H and O–H groups in total. The summed E-state index contributed by atoms with van der Waals surface area (Å²) in [5.74, 6) is 0.980. The van der Waals surface area contributed by atoms with E-state index in [0.717, 1.165) is 48.7 Å². The molecule has 18 heavy (non-hydrogen) atoms. The Labute approximate surface area is 107 Å². The minimum Gasteiger partial charge on any atom is -0.369 e. The topological polar surface area (TPSA) is 68.2 Å². The van der Waals surface area contributed by atoms with Crippen LogP contribution in [0.4, 0.5) is 5.82 Å². The van der Waals surface area contributed by atoms with Crippen molar-refractivity contribution in [3.05, 3.63) is 23.5 Å². The number of hydrogen-bond donors (Lipinski definition) is 2. The van der Waals surface area contributed by atoms with E-state index in [9.17, 15) is 0 Å². The lowest BCUT2D eigenvalue weighted by atomic mass is 10.2. The third-order valence-corrected chi connectivity index (χ3v) is 2.85. The van der Waals surface area contributed by atoms with Crippen LogP contribution in [0, 0.1) is 0 Å². The van der Waals surface area contributed by atoms with Gasteiger partial charge in [0.15, 0.2) is 5.65 Å². The molecule has 0 saturated carbocycles. The molecule has 5 heteroatoms. The predicted molar refractivity (Wildman–Crippen MR) is 73.9 cm³/mol. The fourth-order valence-electron chi connectivity index (χ4n) is 1.96. The Morgan fingerprint density at radius 3 is 2.78 bits per heavy atom. The second-order valence-electron chi connectivity index (χ2n) is 4.36. The molecule has 0 aliphatic rings. The molecule has 2 rings (SSSR count). The number of hydrogen-bond acceptors (Lipinski definition) is 4. The zero-order valence-electron chi connectivity index (χ0n) is 11.1. The van der Waals surface area contributed by atoms with E-state index in [1.165, 1.54) is 0 Å². The predicted octanol–water partition coefficient (Wildman–Crippen LogP) is 1.61. The van der Waals surface area contributed by atoms with Crippen LogP contribution in [-0.2, 0) is 12.8 Å². The zero-order chi connectivity index (χ0) is 13.0. The van der Waals surface area contributed by atoms with Crippen LogP contribution in [0.3, 0.4) is 0 Å². The maximum absolute atomic E-state index is 5.54. The molecule has 0 aliphatic carbocycles. The quantitative estimate of drug-likeness (QED) is 0.814.